The molecule has 0 radical (unpaired) electrons. The third-order valence-corrected chi connectivity index (χ3v) is 2.57. The van der Waals surface area contributed by atoms with Crippen LogP contribution in [0.1, 0.15) is 19.4 Å². The molecule has 0 spiro atoms. The molecule has 0 atom stereocenters. The summed E-state index contributed by atoms with van der Waals surface area (Å²) in [5, 5.41) is 20.6. The molecule has 1 aromatic carbocycles. The van der Waals surface area contributed by atoms with Crippen molar-refractivity contribution >= 4 is 11.4 Å². The lowest BCUT2D eigenvalue weighted by Crippen LogP contribution is -2.36. The van der Waals surface area contributed by atoms with Crippen molar-refractivity contribution in [2.75, 3.05) is 19.0 Å². The number of anilines is 1. The van der Waals surface area contributed by atoms with Gasteiger partial charge in [-0.15, -0.1) is 0 Å². The first-order chi connectivity index (χ1) is 8.74. The number of nitro groups is 1. The zero-order valence-corrected chi connectivity index (χ0v) is 11.4. The fourth-order valence-corrected chi connectivity index (χ4v) is 2.04. The molecule has 0 amide bonds. The van der Waals surface area contributed by atoms with Gasteiger partial charge in [-0.25, -0.2) is 0 Å². The number of aliphatic hydroxyl groups is 1. The maximum atomic E-state index is 10.9. The molecular formula is C12H20N4O3. The van der Waals surface area contributed by atoms with E-state index in [-0.39, 0.29) is 5.69 Å². The molecule has 0 aromatic heterocycles. The predicted molar refractivity (Wildman–Crippen MR) is 73.5 cm³/mol. The number of hydrogen-bond donors (Lipinski definition) is 3. The molecule has 0 saturated carbocycles. The van der Waals surface area contributed by atoms with Gasteiger partial charge in [0.25, 0.3) is 5.69 Å². The normalized spacial score (nSPS) is 11.7. The van der Waals surface area contributed by atoms with Gasteiger partial charge < -0.3 is 10.5 Å². The Morgan fingerprint density at radius 3 is 2.63 bits per heavy atom. The zero-order valence-electron chi connectivity index (χ0n) is 11.4. The monoisotopic (exact) mass is 268 g/mol. The minimum atomic E-state index is -0.828. The molecule has 0 aliphatic heterocycles. The van der Waals surface area contributed by atoms with E-state index in [0.717, 1.165) is 0 Å². The Kier molecular flexibility index (Phi) is 4.82. The Hall–Kier alpha value is -1.70. The van der Waals surface area contributed by atoms with Gasteiger partial charge in [0.1, 0.15) is 5.69 Å². The Bertz CT molecular complexity index is 457. The van der Waals surface area contributed by atoms with E-state index in [1.54, 1.807) is 26.0 Å². The predicted octanol–water partition coefficient (Wildman–Crippen LogP) is 1.08. The maximum Gasteiger partial charge on any atom is 0.293 e. The van der Waals surface area contributed by atoms with Gasteiger partial charge in [0.05, 0.1) is 10.5 Å². The standard InChI is InChI=1S/C12H20N4O3/c1-12(2,17)8-15(3)7-9-5-4-6-10(16(18)19)11(9)14-13/h4-6,14,17H,7-8,13H2,1-3H3. The Labute approximate surface area is 112 Å². The van der Waals surface area contributed by atoms with Crippen LogP contribution in [0.2, 0.25) is 0 Å². The van der Waals surface area contributed by atoms with Crippen LogP contribution in [0.5, 0.6) is 0 Å². The Morgan fingerprint density at radius 2 is 2.16 bits per heavy atom. The number of nitrogens with zero attached hydrogens (tertiary/aromatic N) is 2. The number of nitrogens with two attached hydrogens (primary N) is 1. The van der Waals surface area contributed by atoms with Crippen molar-refractivity contribution in [2.45, 2.75) is 26.0 Å². The average molecular weight is 268 g/mol. The van der Waals surface area contributed by atoms with Gasteiger partial charge in [-0.2, -0.15) is 0 Å². The van der Waals surface area contributed by atoms with E-state index in [4.69, 9.17) is 5.84 Å². The summed E-state index contributed by atoms with van der Waals surface area (Å²) in [4.78, 5) is 12.3. The van der Waals surface area contributed by atoms with E-state index < -0.39 is 10.5 Å². The van der Waals surface area contributed by atoms with Gasteiger partial charge in [-0.05, 0) is 26.5 Å². The highest BCUT2D eigenvalue weighted by Gasteiger charge is 2.20. The molecule has 0 aliphatic carbocycles. The van der Waals surface area contributed by atoms with Crippen LogP contribution in [0, 0.1) is 10.1 Å². The lowest BCUT2D eigenvalue weighted by molar-refractivity contribution is -0.384. The summed E-state index contributed by atoms with van der Waals surface area (Å²) in [5.41, 5.74) is 2.51. The van der Waals surface area contributed by atoms with Crippen LogP contribution >= 0.6 is 0 Å². The number of nitrogens with one attached hydrogen (secondary N) is 1. The number of hydrazine groups is 1. The minimum absolute atomic E-state index is 0.0586. The van der Waals surface area contributed by atoms with Crippen LogP contribution in [-0.4, -0.2) is 34.1 Å². The van der Waals surface area contributed by atoms with Gasteiger partial charge >= 0.3 is 0 Å². The smallest absolute Gasteiger partial charge is 0.293 e. The van der Waals surface area contributed by atoms with Crippen LogP contribution in [-0.2, 0) is 6.54 Å². The van der Waals surface area contributed by atoms with Crippen molar-refractivity contribution in [1.29, 1.82) is 0 Å². The molecule has 106 valence electrons. The minimum Gasteiger partial charge on any atom is -0.389 e. The first-order valence-corrected chi connectivity index (χ1v) is 5.88. The quantitative estimate of drug-likeness (QED) is 0.405. The van der Waals surface area contributed by atoms with Crippen LogP contribution in [0.3, 0.4) is 0 Å². The number of rotatable bonds is 6. The number of nitro benzene ring substituents is 1. The summed E-state index contributed by atoms with van der Waals surface area (Å²) in [7, 11) is 1.83. The van der Waals surface area contributed by atoms with E-state index in [2.05, 4.69) is 5.43 Å². The molecule has 7 nitrogen and oxygen atoms in total. The molecule has 0 unspecified atom stereocenters. The SMILES string of the molecule is CN(Cc1cccc([N+](=O)[O-])c1NN)CC(C)(C)O. The van der Waals surface area contributed by atoms with E-state index in [0.29, 0.717) is 24.3 Å². The molecule has 0 bridgehead atoms. The maximum absolute atomic E-state index is 10.9. The van der Waals surface area contributed by atoms with Crippen LogP contribution in [0.15, 0.2) is 18.2 Å². The van der Waals surface area contributed by atoms with Crippen LogP contribution < -0.4 is 11.3 Å². The fourth-order valence-electron chi connectivity index (χ4n) is 2.04. The van der Waals surface area contributed by atoms with Gasteiger partial charge in [0, 0.05) is 19.2 Å². The van der Waals surface area contributed by atoms with Crippen molar-refractivity contribution in [3.63, 3.8) is 0 Å². The number of hydrogen-bond acceptors (Lipinski definition) is 6. The number of benzene rings is 1. The average Bonchev–Trinajstić information content (AvgIpc) is 2.25. The molecule has 0 saturated heterocycles. The Morgan fingerprint density at radius 1 is 1.53 bits per heavy atom. The molecule has 1 rings (SSSR count). The van der Waals surface area contributed by atoms with Gasteiger partial charge in [0.15, 0.2) is 0 Å². The molecule has 4 N–H and O–H groups in total. The highest BCUT2D eigenvalue weighted by atomic mass is 16.6. The molecule has 1 aromatic rings. The van der Waals surface area contributed by atoms with Crippen molar-refractivity contribution < 1.29 is 10.0 Å². The molecule has 7 heteroatoms. The highest BCUT2D eigenvalue weighted by molar-refractivity contribution is 5.65. The topological polar surface area (TPSA) is 105 Å². The lowest BCUT2D eigenvalue weighted by atomic mass is 10.1. The van der Waals surface area contributed by atoms with Gasteiger partial charge in [0.2, 0.25) is 0 Å². The molecule has 0 aliphatic rings. The summed E-state index contributed by atoms with van der Waals surface area (Å²) in [6.07, 6.45) is 0. The number of para-hydroxylation sites is 1. The van der Waals surface area contributed by atoms with E-state index >= 15 is 0 Å². The molecular weight excluding hydrogens is 248 g/mol. The largest absolute Gasteiger partial charge is 0.389 e. The van der Waals surface area contributed by atoms with E-state index in [1.165, 1.54) is 6.07 Å². The summed E-state index contributed by atoms with van der Waals surface area (Å²) < 4.78 is 0. The molecule has 0 fully saturated rings. The third kappa shape index (κ3) is 4.47. The lowest BCUT2D eigenvalue weighted by Gasteiger charge is -2.26. The Balaban J connectivity index is 2.95. The summed E-state index contributed by atoms with van der Waals surface area (Å²) in [5.74, 6) is 5.37. The highest BCUT2D eigenvalue weighted by Crippen LogP contribution is 2.28. The summed E-state index contributed by atoms with van der Waals surface area (Å²) >= 11 is 0. The fraction of sp³-hybridized carbons (Fsp3) is 0.500. The second kappa shape index (κ2) is 5.96. The first kappa shape index (κ1) is 15.4. The zero-order chi connectivity index (χ0) is 14.6. The van der Waals surface area contributed by atoms with E-state index in [1.807, 2.05) is 11.9 Å². The summed E-state index contributed by atoms with van der Waals surface area (Å²) in [6, 6.07) is 4.78. The summed E-state index contributed by atoms with van der Waals surface area (Å²) in [6.45, 7) is 4.31. The van der Waals surface area contributed by atoms with Crippen LogP contribution in [0.4, 0.5) is 11.4 Å². The number of likely N-dealkylation sites (N-methyl/N-ethyl adjacent to an activating group) is 1. The van der Waals surface area contributed by atoms with Crippen molar-refractivity contribution in [3.8, 4) is 0 Å². The van der Waals surface area contributed by atoms with Crippen molar-refractivity contribution in [1.82, 2.24) is 4.90 Å². The van der Waals surface area contributed by atoms with Crippen molar-refractivity contribution in [3.05, 3.63) is 33.9 Å². The number of nitrogen functional groups attached to an aromatic ring is 1. The second-order valence-corrected chi connectivity index (χ2v) is 5.20. The van der Waals surface area contributed by atoms with Gasteiger partial charge in [-0.1, -0.05) is 12.1 Å². The first-order valence-electron chi connectivity index (χ1n) is 5.88. The second-order valence-electron chi connectivity index (χ2n) is 5.20. The molecule has 19 heavy (non-hydrogen) atoms. The van der Waals surface area contributed by atoms with Crippen LogP contribution in [0.25, 0.3) is 0 Å². The van der Waals surface area contributed by atoms with Gasteiger partial charge in [-0.3, -0.25) is 20.9 Å². The third-order valence-electron chi connectivity index (χ3n) is 2.57. The van der Waals surface area contributed by atoms with E-state index in [9.17, 15) is 15.2 Å². The molecule has 0 heterocycles. The van der Waals surface area contributed by atoms with Crippen molar-refractivity contribution in [2.24, 2.45) is 5.84 Å².